The topological polar surface area (TPSA) is 53.2 Å². The molecule has 1 amide bonds. The largest absolute Gasteiger partial charge is 0.355 e. The van der Waals surface area contributed by atoms with E-state index in [0.29, 0.717) is 6.04 Å². The van der Waals surface area contributed by atoms with E-state index in [0.717, 1.165) is 26.2 Å². The Kier molecular flexibility index (Phi) is 4.18. The van der Waals surface area contributed by atoms with Crippen LogP contribution in [-0.2, 0) is 4.79 Å². The van der Waals surface area contributed by atoms with Crippen LogP contribution in [0.25, 0.3) is 0 Å². The average Bonchev–Trinajstić information content (AvgIpc) is 2.00. The van der Waals surface area contributed by atoms with Gasteiger partial charge in [-0.25, -0.2) is 0 Å². The third kappa shape index (κ3) is 3.74. The van der Waals surface area contributed by atoms with Crippen molar-refractivity contribution in [3.05, 3.63) is 0 Å². The van der Waals surface area contributed by atoms with Crippen LogP contribution in [0, 0.1) is 5.92 Å². The second kappa shape index (κ2) is 5.19. The molecule has 1 heterocycles. The average molecular weight is 185 g/mol. The summed E-state index contributed by atoms with van der Waals surface area (Å²) in [4.78, 5) is 11.1. The second-order valence-corrected chi connectivity index (χ2v) is 3.76. The first-order valence-electron chi connectivity index (χ1n) is 4.92. The first-order valence-corrected chi connectivity index (χ1v) is 4.92. The van der Waals surface area contributed by atoms with Gasteiger partial charge in [0.25, 0.3) is 0 Å². The molecule has 76 valence electrons. The summed E-state index contributed by atoms with van der Waals surface area (Å²) in [5, 5.41) is 9.38. The number of hydrogen-bond donors (Lipinski definition) is 3. The van der Waals surface area contributed by atoms with Crippen LogP contribution in [0.2, 0.25) is 0 Å². The van der Waals surface area contributed by atoms with Crippen LogP contribution < -0.4 is 16.0 Å². The van der Waals surface area contributed by atoms with Crippen molar-refractivity contribution >= 4 is 5.91 Å². The Morgan fingerprint density at radius 2 is 2.15 bits per heavy atom. The lowest BCUT2D eigenvalue weighted by molar-refractivity contribution is -0.123. The van der Waals surface area contributed by atoms with Crippen molar-refractivity contribution in [1.29, 1.82) is 0 Å². The molecule has 1 fully saturated rings. The van der Waals surface area contributed by atoms with Crippen LogP contribution >= 0.6 is 0 Å². The fourth-order valence-corrected chi connectivity index (χ4v) is 1.10. The zero-order valence-electron chi connectivity index (χ0n) is 8.39. The summed E-state index contributed by atoms with van der Waals surface area (Å²) < 4.78 is 0. The summed E-state index contributed by atoms with van der Waals surface area (Å²) in [7, 11) is 0. The molecule has 1 rings (SSSR count). The standard InChI is InChI=1S/C9H19N3O/c1-7(2)9(13)12-4-3-11-8-5-10-6-8/h7-8,10-11H,3-6H2,1-2H3,(H,12,13). The highest BCUT2D eigenvalue weighted by molar-refractivity contribution is 5.77. The molecule has 0 aromatic rings. The van der Waals surface area contributed by atoms with Crippen LogP contribution in [0.1, 0.15) is 13.8 Å². The highest BCUT2D eigenvalue weighted by Gasteiger charge is 2.14. The summed E-state index contributed by atoms with van der Waals surface area (Å²) >= 11 is 0. The first-order chi connectivity index (χ1) is 6.20. The Morgan fingerprint density at radius 1 is 1.46 bits per heavy atom. The lowest BCUT2D eigenvalue weighted by atomic mass is 10.2. The van der Waals surface area contributed by atoms with Crippen molar-refractivity contribution in [2.45, 2.75) is 19.9 Å². The van der Waals surface area contributed by atoms with Gasteiger partial charge in [-0.05, 0) is 0 Å². The van der Waals surface area contributed by atoms with Crippen LogP contribution in [0.5, 0.6) is 0 Å². The van der Waals surface area contributed by atoms with Gasteiger partial charge >= 0.3 is 0 Å². The minimum atomic E-state index is 0.0883. The van der Waals surface area contributed by atoms with Crippen molar-refractivity contribution in [3.8, 4) is 0 Å². The molecule has 13 heavy (non-hydrogen) atoms. The minimum absolute atomic E-state index is 0.0883. The lowest BCUT2D eigenvalue weighted by Gasteiger charge is -2.28. The van der Waals surface area contributed by atoms with Crippen molar-refractivity contribution < 1.29 is 4.79 Å². The van der Waals surface area contributed by atoms with Gasteiger partial charge in [0, 0.05) is 38.1 Å². The molecular weight excluding hydrogens is 166 g/mol. The van der Waals surface area contributed by atoms with E-state index in [2.05, 4.69) is 16.0 Å². The number of hydrogen-bond acceptors (Lipinski definition) is 3. The van der Waals surface area contributed by atoms with Gasteiger partial charge in [0.1, 0.15) is 0 Å². The molecule has 0 saturated carbocycles. The third-order valence-electron chi connectivity index (χ3n) is 2.16. The van der Waals surface area contributed by atoms with Crippen molar-refractivity contribution in [3.63, 3.8) is 0 Å². The predicted molar refractivity (Wildman–Crippen MR) is 52.5 cm³/mol. The van der Waals surface area contributed by atoms with E-state index in [1.807, 2.05) is 13.8 Å². The molecule has 0 atom stereocenters. The van der Waals surface area contributed by atoms with Gasteiger partial charge in [0.2, 0.25) is 5.91 Å². The van der Waals surface area contributed by atoms with E-state index < -0.39 is 0 Å². The van der Waals surface area contributed by atoms with Gasteiger partial charge in [0.05, 0.1) is 0 Å². The number of carbonyl (C=O) groups excluding carboxylic acids is 1. The van der Waals surface area contributed by atoms with Crippen molar-refractivity contribution in [2.24, 2.45) is 5.92 Å². The van der Waals surface area contributed by atoms with Crippen molar-refractivity contribution in [2.75, 3.05) is 26.2 Å². The molecule has 1 aliphatic rings. The van der Waals surface area contributed by atoms with Crippen molar-refractivity contribution in [1.82, 2.24) is 16.0 Å². The monoisotopic (exact) mass is 185 g/mol. The van der Waals surface area contributed by atoms with Crippen LogP contribution in [0.3, 0.4) is 0 Å². The quantitative estimate of drug-likeness (QED) is 0.497. The molecule has 0 radical (unpaired) electrons. The Hall–Kier alpha value is -0.610. The van der Waals surface area contributed by atoms with Gasteiger partial charge in [-0.15, -0.1) is 0 Å². The smallest absolute Gasteiger partial charge is 0.222 e. The highest BCUT2D eigenvalue weighted by Crippen LogP contribution is 1.90. The molecule has 0 unspecified atom stereocenters. The Morgan fingerprint density at radius 3 is 2.62 bits per heavy atom. The maximum Gasteiger partial charge on any atom is 0.222 e. The van der Waals surface area contributed by atoms with Gasteiger partial charge < -0.3 is 16.0 Å². The summed E-state index contributed by atoms with van der Waals surface area (Å²) in [6, 6.07) is 0.607. The molecule has 0 bridgehead atoms. The van der Waals surface area contributed by atoms with E-state index in [1.165, 1.54) is 0 Å². The van der Waals surface area contributed by atoms with Crippen LogP contribution in [0.4, 0.5) is 0 Å². The number of nitrogens with one attached hydrogen (secondary N) is 3. The molecule has 0 aromatic carbocycles. The lowest BCUT2D eigenvalue weighted by Crippen LogP contribution is -2.56. The number of rotatable bonds is 5. The molecule has 4 heteroatoms. The van der Waals surface area contributed by atoms with Gasteiger partial charge in [-0.1, -0.05) is 13.8 Å². The number of amides is 1. The summed E-state index contributed by atoms with van der Waals surface area (Å²) in [6.07, 6.45) is 0. The Bertz CT molecular complexity index is 166. The maximum absolute atomic E-state index is 11.1. The molecule has 0 aromatic heterocycles. The van der Waals surface area contributed by atoms with Gasteiger partial charge in [0.15, 0.2) is 0 Å². The summed E-state index contributed by atoms with van der Waals surface area (Å²) in [5.74, 6) is 0.221. The van der Waals surface area contributed by atoms with Crippen LogP contribution in [0.15, 0.2) is 0 Å². The van der Waals surface area contributed by atoms with E-state index >= 15 is 0 Å². The van der Waals surface area contributed by atoms with Crippen LogP contribution in [-0.4, -0.2) is 38.1 Å². The molecule has 1 saturated heterocycles. The SMILES string of the molecule is CC(C)C(=O)NCCNC1CNC1. The molecule has 3 N–H and O–H groups in total. The maximum atomic E-state index is 11.1. The van der Waals surface area contributed by atoms with Gasteiger partial charge in [-0.2, -0.15) is 0 Å². The minimum Gasteiger partial charge on any atom is -0.355 e. The fraction of sp³-hybridized carbons (Fsp3) is 0.889. The van der Waals surface area contributed by atoms with E-state index in [9.17, 15) is 4.79 Å². The fourth-order valence-electron chi connectivity index (χ4n) is 1.10. The van der Waals surface area contributed by atoms with E-state index in [1.54, 1.807) is 0 Å². The molecule has 4 nitrogen and oxygen atoms in total. The zero-order valence-corrected chi connectivity index (χ0v) is 8.39. The molecule has 1 aliphatic heterocycles. The van der Waals surface area contributed by atoms with E-state index in [4.69, 9.17) is 0 Å². The molecule has 0 aliphatic carbocycles. The highest BCUT2D eigenvalue weighted by atomic mass is 16.1. The first kappa shape index (κ1) is 10.5. The van der Waals surface area contributed by atoms with E-state index in [-0.39, 0.29) is 11.8 Å². The normalized spacial score (nSPS) is 17.2. The Balaban J connectivity index is 1.91. The summed E-state index contributed by atoms with van der Waals surface area (Å²) in [6.45, 7) is 7.51. The molecule has 0 spiro atoms. The number of carbonyl (C=O) groups is 1. The summed E-state index contributed by atoms with van der Waals surface area (Å²) in [5.41, 5.74) is 0. The zero-order chi connectivity index (χ0) is 9.68. The Labute approximate surface area is 79.5 Å². The third-order valence-corrected chi connectivity index (χ3v) is 2.16. The second-order valence-electron chi connectivity index (χ2n) is 3.76. The van der Waals surface area contributed by atoms with Gasteiger partial charge in [-0.3, -0.25) is 4.79 Å². The predicted octanol–water partition coefficient (Wildman–Crippen LogP) is -0.680. The molecular formula is C9H19N3O.